The van der Waals surface area contributed by atoms with Gasteiger partial charge in [-0.3, -0.25) is 4.79 Å². The molecule has 0 bridgehead atoms. The van der Waals surface area contributed by atoms with Crippen molar-refractivity contribution < 1.29 is 14.3 Å². The summed E-state index contributed by atoms with van der Waals surface area (Å²) in [5.74, 6) is 0.830. The van der Waals surface area contributed by atoms with Gasteiger partial charge >= 0.3 is 0 Å². The van der Waals surface area contributed by atoms with E-state index in [-0.39, 0.29) is 17.2 Å². The number of halogens is 1. The van der Waals surface area contributed by atoms with Crippen LogP contribution in [0.4, 0.5) is 0 Å². The topological polar surface area (TPSA) is 85.3 Å². The number of hydrogen-bond acceptors (Lipinski definition) is 5. The number of ketones is 1. The number of benzene rings is 2. The summed E-state index contributed by atoms with van der Waals surface area (Å²) in [4.78, 5) is 12.6. The van der Waals surface area contributed by atoms with Gasteiger partial charge < -0.3 is 15.2 Å². The maximum Gasteiger partial charge on any atom is 0.205 e. The Balaban J connectivity index is 1.60. The Bertz CT molecular complexity index is 1060. The molecule has 2 aliphatic rings. The second-order valence-corrected chi connectivity index (χ2v) is 7.39. The van der Waals surface area contributed by atoms with Crippen LogP contribution in [-0.4, -0.2) is 5.78 Å². The minimum atomic E-state index is -0.505. The van der Waals surface area contributed by atoms with Gasteiger partial charge in [0.25, 0.3) is 0 Å². The Morgan fingerprint density at radius 2 is 1.93 bits per heavy atom. The number of Topliss-reactive ketones (excluding diaryl/α,β-unsaturated/α-hetero) is 1. The van der Waals surface area contributed by atoms with Crippen LogP contribution in [0.1, 0.15) is 36.3 Å². The van der Waals surface area contributed by atoms with Gasteiger partial charge in [-0.25, -0.2) is 0 Å². The molecule has 0 saturated heterocycles. The standard InChI is InChI=1S/C23H19ClN2O3/c24-18-5-2-1-4-15(18)13-28-16-10-8-14(9-11-16)21-17(12-25)23(26)29-20-7-3-6-19(27)22(20)21/h1-2,4-5,8-11,21H,3,6-7,13,26H2/t21-/m0/s1. The molecule has 2 N–H and O–H groups in total. The summed E-state index contributed by atoms with van der Waals surface area (Å²) >= 11 is 6.17. The van der Waals surface area contributed by atoms with Crippen molar-refractivity contribution >= 4 is 17.4 Å². The Kier molecular flexibility index (Phi) is 5.28. The van der Waals surface area contributed by atoms with E-state index < -0.39 is 5.92 Å². The smallest absolute Gasteiger partial charge is 0.205 e. The zero-order chi connectivity index (χ0) is 20.4. The van der Waals surface area contributed by atoms with Crippen LogP contribution >= 0.6 is 11.6 Å². The molecule has 0 amide bonds. The summed E-state index contributed by atoms with van der Waals surface area (Å²) in [5, 5.41) is 10.3. The fraction of sp³-hybridized carbons (Fsp3) is 0.217. The summed E-state index contributed by atoms with van der Waals surface area (Å²) in [6, 6.07) is 17.0. The van der Waals surface area contributed by atoms with Crippen LogP contribution in [0.15, 0.2) is 71.3 Å². The van der Waals surface area contributed by atoms with E-state index in [2.05, 4.69) is 6.07 Å². The van der Waals surface area contributed by atoms with Crippen molar-refractivity contribution in [2.45, 2.75) is 31.8 Å². The molecule has 29 heavy (non-hydrogen) atoms. The van der Waals surface area contributed by atoms with Gasteiger partial charge in [0.15, 0.2) is 5.78 Å². The molecule has 1 aliphatic carbocycles. The van der Waals surface area contributed by atoms with Crippen molar-refractivity contribution in [2.75, 3.05) is 0 Å². The largest absolute Gasteiger partial charge is 0.489 e. The molecule has 4 rings (SSSR count). The first kappa shape index (κ1) is 19.1. The molecule has 1 atom stereocenters. The molecule has 1 heterocycles. The van der Waals surface area contributed by atoms with Gasteiger partial charge in [0.05, 0.1) is 5.92 Å². The summed E-state index contributed by atoms with van der Waals surface area (Å²) in [7, 11) is 0. The van der Waals surface area contributed by atoms with Crippen LogP contribution in [0.25, 0.3) is 0 Å². The molecule has 0 aromatic heterocycles. The lowest BCUT2D eigenvalue weighted by atomic mass is 9.77. The van der Waals surface area contributed by atoms with Crippen molar-refractivity contribution in [1.29, 1.82) is 5.26 Å². The highest BCUT2D eigenvalue weighted by Gasteiger charge is 2.37. The molecule has 0 saturated carbocycles. The minimum Gasteiger partial charge on any atom is -0.489 e. The molecule has 0 fully saturated rings. The lowest BCUT2D eigenvalue weighted by Crippen LogP contribution is -2.27. The number of nitrogens with two attached hydrogens (primary N) is 1. The second-order valence-electron chi connectivity index (χ2n) is 6.99. The summed E-state index contributed by atoms with van der Waals surface area (Å²) in [6.07, 6.45) is 1.83. The molecule has 0 unspecified atom stereocenters. The van der Waals surface area contributed by atoms with Crippen LogP contribution in [-0.2, 0) is 16.1 Å². The summed E-state index contributed by atoms with van der Waals surface area (Å²) in [5.41, 5.74) is 8.50. The lowest BCUT2D eigenvalue weighted by Gasteiger charge is -2.31. The maximum absolute atomic E-state index is 12.6. The highest BCUT2D eigenvalue weighted by Crippen LogP contribution is 2.43. The van der Waals surface area contributed by atoms with Gasteiger partial charge in [0, 0.05) is 29.0 Å². The number of carbonyl (C=O) groups is 1. The Morgan fingerprint density at radius 3 is 2.66 bits per heavy atom. The molecule has 5 nitrogen and oxygen atoms in total. The zero-order valence-electron chi connectivity index (χ0n) is 15.7. The number of rotatable bonds is 4. The van der Waals surface area contributed by atoms with E-state index in [0.717, 1.165) is 17.5 Å². The number of nitrogens with zero attached hydrogens (tertiary/aromatic N) is 1. The molecule has 0 spiro atoms. The first-order valence-corrected chi connectivity index (χ1v) is 9.76. The van der Waals surface area contributed by atoms with Crippen molar-refractivity contribution in [3.63, 3.8) is 0 Å². The number of allylic oxidation sites excluding steroid dienone is 3. The maximum atomic E-state index is 12.6. The van der Waals surface area contributed by atoms with Gasteiger partial charge in [-0.05, 0) is 30.2 Å². The summed E-state index contributed by atoms with van der Waals surface area (Å²) in [6.45, 7) is 0.348. The van der Waals surface area contributed by atoms with Crippen molar-refractivity contribution in [1.82, 2.24) is 0 Å². The van der Waals surface area contributed by atoms with E-state index in [1.165, 1.54) is 0 Å². The van der Waals surface area contributed by atoms with Crippen LogP contribution < -0.4 is 10.5 Å². The molecule has 1 aliphatic heterocycles. The predicted molar refractivity (Wildman–Crippen MR) is 109 cm³/mol. The van der Waals surface area contributed by atoms with E-state index in [0.29, 0.717) is 41.6 Å². The average molecular weight is 407 g/mol. The first-order chi connectivity index (χ1) is 14.1. The normalized spacial score (nSPS) is 18.8. The molecule has 146 valence electrons. The number of nitriles is 1. The third-order valence-corrected chi connectivity index (χ3v) is 5.54. The van der Waals surface area contributed by atoms with Crippen molar-refractivity contribution in [3.05, 3.63) is 87.5 Å². The van der Waals surface area contributed by atoms with Gasteiger partial charge in [-0.1, -0.05) is 41.9 Å². The minimum absolute atomic E-state index is 0.00976. The van der Waals surface area contributed by atoms with E-state index in [9.17, 15) is 10.1 Å². The molecular weight excluding hydrogens is 388 g/mol. The van der Waals surface area contributed by atoms with Gasteiger partial charge in [0.1, 0.15) is 29.8 Å². The Hall–Kier alpha value is -3.23. The van der Waals surface area contributed by atoms with E-state index in [1.54, 1.807) is 0 Å². The second kappa shape index (κ2) is 8.02. The monoisotopic (exact) mass is 406 g/mol. The summed E-state index contributed by atoms with van der Waals surface area (Å²) < 4.78 is 11.4. The first-order valence-electron chi connectivity index (χ1n) is 9.38. The fourth-order valence-corrected chi connectivity index (χ4v) is 3.91. The SMILES string of the molecule is N#CC1=C(N)OC2=C(C(=O)CCC2)[C@H]1c1ccc(OCc2ccccc2Cl)cc1. The Labute approximate surface area is 174 Å². The van der Waals surface area contributed by atoms with Crippen LogP contribution in [0, 0.1) is 11.3 Å². The number of carbonyl (C=O) groups excluding carboxylic acids is 1. The third-order valence-electron chi connectivity index (χ3n) is 5.17. The van der Waals surface area contributed by atoms with Crippen LogP contribution in [0.2, 0.25) is 5.02 Å². The van der Waals surface area contributed by atoms with Crippen LogP contribution in [0.3, 0.4) is 0 Å². The van der Waals surface area contributed by atoms with Crippen molar-refractivity contribution in [3.8, 4) is 11.8 Å². The van der Waals surface area contributed by atoms with Gasteiger partial charge in [-0.2, -0.15) is 5.26 Å². The van der Waals surface area contributed by atoms with Gasteiger partial charge in [0.2, 0.25) is 5.88 Å². The molecule has 6 heteroatoms. The highest BCUT2D eigenvalue weighted by atomic mass is 35.5. The van der Waals surface area contributed by atoms with Crippen molar-refractivity contribution in [2.24, 2.45) is 5.73 Å². The number of hydrogen-bond donors (Lipinski definition) is 1. The molecular formula is C23H19ClN2O3. The van der Waals surface area contributed by atoms with E-state index in [1.807, 2.05) is 48.5 Å². The Morgan fingerprint density at radius 1 is 1.17 bits per heavy atom. The third kappa shape index (κ3) is 3.72. The molecule has 2 aromatic carbocycles. The predicted octanol–water partition coefficient (Wildman–Crippen LogP) is 4.73. The highest BCUT2D eigenvalue weighted by molar-refractivity contribution is 6.31. The molecule has 2 aromatic rings. The van der Waals surface area contributed by atoms with E-state index in [4.69, 9.17) is 26.8 Å². The molecule has 0 radical (unpaired) electrons. The quantitative estimate of drug-likeness (QED) is 0.792. The lowest BCUT2D eigenvalue weighted by molar-refractivity contribution is -0.116. The zero-order valence-corrected chi connectivity index (χ0v) is 16.4. The van der Waals surface area contributed by atoms with Crippen LogP contribution in [0.5, 0.6) is 5.75 Å². The average Bonchev–Trinajstić information content (AvgIpc) is 2.73. The number of ether oxygens (including phenoxy) is 2. The van der Waals surface area contributed by atoms with Gasteiger partial charge in [-0.15, -0.1) is 0 Å². The van der Waals surface area contributed by atoms with E-state index >= 15 is 0 Å². The fourth-order valence-electron chi connectivity index (χ4n) is 3.72.